The fraction of sp³-hybridized carbons (Fsp3) is 0.174. The molecule has 0 saturated carbocycles. The molecule has 0 unspecified atom stereocenters. The number of thioether (sulfide) groups is 1. The van der Waals surface area contributed by atoms with Crippen molar-refractivity contribution in [2.45, 2.75) is 17.7 Å². The molecule has 152 valence electrons. The molecule has 3 aromatic carbocycles. The van der Waals surface area contributed by atoms with Crippen molar-refractivity contribution in [1.29, 1.82) is 0 Å². The van der Waals surface area contributed by atoms with E-state index < -0.39 is 5.91 Å². The maximum atomic E-state index is 12.2. The van der Waals surface area contributed by atoms with E-state index >= 15 is 0 Å². The van der Waals surface area contributed by atoms with Gasteiger partial charge in [0.05, 0.1) is 12.3 Å². The molecule has 30 heavy (non-hydrogen) atoms. The van der Waals surface area contributed by atoms with Crippen molar-refractivity contribution < 1.29 is 14.4 Å². The Bertz CT molecular complexity index is 1130. The minimum absolute atomic E-state index is 0.124. The van der Waals surface area contributed by atoms with E-state index in [1.165, 1.54) is 45.8 Å². The van der Waals surface area contributed by atoms with E-state index in [2.05, 4.69) is 41.0 Å². The van der Waals surface area contributed by atoms with Crippen molar-refractivity contribution in [2.24, 2.45) is 5.73 Å². The Labute approximate surface area is 178 Å². The lowest BCUT2D eigenvalue weighted by Crippen LogP contribution is -2.33. The van der Waals surface area contributed by atoms with E-state index in [0.717, 1.165) is 17.7 Å². The van der Waals surface area contributed by atoms with Crippen LogP contribution in [0, 0.1) is 0 Å². The van der Waals surface area contributed by atoms with Crippen LogP contribution in [0.4, 0.5) is 5.69 Å². The van der Waals surface area contributed by atoms with E-state index in [0.29, 0.717) is 11.3 Å². The molecule has 4 rings (SSSR count). The molecule has 4 N–H and O–H groups in total. The first-order valence-corrected chi connectivity index (χ1v) is 10.6. The number of hydrogen-bond acceptors (Lipinski definition) is 4. The molecular weight excluding hydrogens is 398 g/mol. The molecule has 1 aliphatic carbocycles. The van der Waals surface area contributed by atoms with Gasteiger partial charge in [-0.2, -0.15) is 0 Å². The summed E-state index contributed by atoms with van der Waals surface area (Å²) in [6, 6.07) is 16.8. The lowest BCUT2D eigenvalue weighted by atomic mass is 10.1. The third-order valence-corrected chi connectivity index (χ3v) is 6.17. The number of amides is 3. The zero-order valence-corrected chi connectivity index (χ0v) is 17.1. The van der Waals surface area contributed by atoms with Crippen molar-refractivity contribution in [3.8, 4) is 0 Å². The Morgan fingerprint density at radius 2 is 1.63 bits per heavy atom. The number of benzene rings is 3. The fourth-order valence-corrected chi connectivity index (χ4v) is 4.52. The van der Waals surface area contributed by atoms with Crippen LogP contribution in [-0.4, -0.2) is 30.0 Å². The predicted octanol–water partition coefficient (Wildman–Crippen LogP) is 2.88. The molecule has 0 fully saturated rings. The van der Waals surface area contributed by atoms with Gasteiger partial charge in [0.2, 0.25) is 17.7 Å². The molecule has 0 radical (unpaired) electrons. The summed E-state index contributed by atoms with van der Waals surface area (Å²) in [6.07, 6.45) is 2.14. The van der Waals surface area contributed by atoms with Crippen LogP contribution in [0.25, 0.3) is 10.8 Å². The Hall–Kier alpha value is -3.32. The highest BCUT2D eigenvalue weighted by molar-refractivity contribution is 8.00. The lowest BCUT2D eigenvalue weighted by Gasteiger charge is -2.10. The summed E-state index contributed by atoms with van der Waals surface area (Å²) < 4.78 is 0. The minimum atomic E-state index is -0.530. The van der Waals surface area contributed by atoms with Crippen LogP contribution in [0.1, 0.15) is 21.5 Å². The van der Waals surface area contributed by atoms with Gasteiger partial charge in [-0.15, -0.1) is 11.8 Å². The van der Waals surface area contributed by atoms with Crippen molar-refractivity contribution in [1.82, 2.24) is 5.32 Å². The second-order valence-corrected chi connectivity index (χ2v) is 8.13. The molecule has 0 bridgehead atoms. The highest BCUT2D eigenvalue weighted by Crippen LogP contribution is 2.36. The Balaban J connectivity index is 1.29. The van der Waals surface area contributed by atoms with E-state index in [9.17, 15) is 14.4 Å². The minimum Gasteiger partial charge on any atom is -0.366 e. The second-order valence-electron chi connectivity index (χ2n) is 7.12. The summed E-state index contributed by atoms with van der Waals surface area (Å²) in [6.45, 7) is -0.124. The monoisotopic (exact) mass is 419 g/mol. The average molecular weight is 420 g/mol. The van der Waals surface area contributed by atoms with Gasteiger partial charge in [0.25, 0.3) is 0 Å². The number of aryl methyl sites for hydroxylation is 2. The third kappa shape index (κ3) is 4.31. The van der Waals surface area contributed by atoms with Crippen LogP contribution in [0.3, 0.4) is 0 Å². The van der Waals surface area contributed by atoms with E-state index in [4.69, 9.17) is 5.73 Å². The van der Waals surface area contributed by atoms with Crippen LogP contribution in [0.5, 0.6) is 0 Å². The maximum absolute atomic E-state index is 12.2. The van der Waals surface area contributed by atoms with Gasteiger partial charge in [-0.05, 0) is 65.1 Å². The topological polar surface area (TPSA) is 101 Å². The molecule has 0 aromatic heterocycles. The molecule has 0 atom stereocenters. The van der Waals surface area contributed by atoms with Gasteiger partial charge in [0.15, 0.2) is 0 Å². The predicted molar refractivity (Wildman–Crippen MR) is 119 cm³/mol. The van der Waals surface area contributed by atoms with Crippen molar-refractivity contribution in [2.75, 3.05) is 17.6 Å². The smallest absolute Gasteiger partial charge is 0.248 e. The Kier molecular flexibility index (Phi) is 5.72. The van der Waals surface area contributed by atoms with Gasteiger partial charge in [0, 0.05) is 16.1 Å². The van der Waals surface area contributed by atoms with Crippen LogP contribution < -0.4 is 16.4 Å². The van der Waals surface area contributed by atoms with Gasteiger partial charge >= 0.3 is 0 Å². The SMILES string of the molecule is NC(=O)c1ccc(NC(=O)CNC(=O)CSc2ccc3c4c(cccc24)CC3)cc1. The number of hydrogen-bond donors (Lipinski definition) is 3. The molecule has 0 aliphatic heterocycles. The quantitative estimate of drug-likeness (QED) is 0.513. The molecule has 3 amide bonds. The standard InChI is InChI=1S/C23H21N3O3S/c24-23(29)16-6-9-17(10-7-16)26-20(27)12-25-21(28)13-30-19-11-8-15-5-4-14-2-1-3-18(19)22(14)15/h1-3,6-11H,4-5,12-13H2,(H2,24,29)(H,25,28)(H,26,27). The maximum Gasteiger partial charge on any atom is 0.248 e. The molecule has 7 heteroatoms. The van der Waals surface area contributed by atoms with Crippen LogP contribution in [-0.2, 0) is 22.4 Å². The number of carbonyl (C=O) groups excluding carboxylic acids is 3. The largest absolute Gasteiger partial charge is 0.366 e. The molecular formula is C23H21N3O3S. The van der Waals surface area contributed by atoms with Gasteiger partial charge < -0.3 is 16.4 Å². The van der Waals surface area contributed by atoms with Crippen molar-refractivity contribution >= 4 is 45.9 Å². The molecule has 3 aromatic rings. The number of primary amides is 1. The first-order chi connectivity index (χ1) is 14.5. The zero-order valence-electron chi connectivity index (χ0n) is 16.2. The molecule has 0 heterocycles. The number of anilines is 1. The number of carbonyl (C=O) groups is 3. The Morgan fingerprint density at radius 3 is 2.37 bits per heavy atom. The van der Waals surface area contributed by atoms with Crippen LogP contribution in [0.2, 0.25) is 0 Å². The van der Waals surface area contributed by atoms with E-state index in [-0.39, 0.29) is 24.1 Å². The van der Waals surface area contributed by atoms with Crippen molar-refractivity contribution in [3.63, 3.8) is 0 Å². The molecule has 6 nitrogen and oxygen atoms in total. The summed E-state index contributed by atoms with van der Waals surface area (Å²) in [5.41, 5.74) is 8.82. The molecule has 0 saturated heterocycles. The van der Waals surface area contributed by atoms with Gasteiger partial charge in [-0.25, -0.2) is 0 Å². The van der Waals surface area contributed by atoms with E-state index in [1.54, 1.807) is 12.1 Å². The number of nitrogens with one attached hydrogen (secondary N) is 2. The first-order valence-electron chi connectivity index (χ1n) is 9.64. The highest BCUT2D eigenvalue weighted by Gasteiger charge is 2.16. The van der Waals surface area contributed by atoms with Gasteiger partial charge in [0.1, 0.15) is 0 Å². The number of nitrogens with two attached hydrogens (primary N) is 1. The average Bonchev–Trinajstić information content (AvgIpc) is 3.17. The van der Waals surface area contributed by atoms with Gasteiger partial charge in [-0.3, -0.25) is 14.4 Å². The summed E-state index contributed by atoms with van der Waals surface area (Å²) in [4.78, 5) is 36.4. The second kappa shape index (κ2) is 8.59. The summed E-state index contributed by atoms with van der Waals surface area (Å²) in [7, 11) is 0. The van der Waals surface area contributed by atoms with Crippen LogP contribution in [0.15, 0.2) is 59.5 Å². The van der Waals surface area contributed by atoms with Crippen molar-refractivity contribution in [3.05, 3.63) is 71.3 Å². The molecule has 0 spiro atoms. The normalized spacial score (nSPS) is 12.0. The summed E-state index contributed by atoms with van der Waals surface area (Å²) in [5, 5.41) is 7.82. The fourth-order valence-electron chi connectivity index (χ4n) is 3.64. The first kappa shape index (κ1) is 20.0. The van der Waals surface area contributed by atoms with Crippen LogP contribution >= 0.6 is 11.8 Å². The van der Waals surface area contributed by atoms with Gasteiger partial charge in [-0.1, -0.05) is 24.3 Å². The highest BCUT2D eigenvalue weighted by atomic mass is 32.2. The van der Waals surface area contributed by atoms with E-state index in [1.807, 2.05) is 0 Å². The number of rotatable bonds is 7. The molecule has 1 aliphatic rings. The zero-order chi connectivity index (χ0) is 21.1. The Morgan fingerprint density at radius 1 is 0.900 bits per heavy atom. The summed E-state index contributed by atoms with van der Waals surface area (Å²) >= 11 is 1.48. The third-order valence-electron chi connectivity index (χ3n) is 5.09. The lowest BCUT2D eigenvalue weighted by molar-refractivity contribution is -0.122. The summed E-state index contributed by atoms with van der Waals surface area (Å²) in [5.74, 6) is -0.843.